The number of aromatic nitrogens is 4. The molecule has 1 aliphatic heterocycles. The summed E-state index contributed by atoms with van der Waals surface area (Å²) in [5.74, 6) is 0. The van der Waals surface area contributed by atoms with E-state index in [2.05, 4.69) is 44.2 Å². The van der Waals surface area contributed by atoms with E-state index in [9.17, 15) is 0 Å². The number of hydrogen-bond acceptors (Lipinski definition) is 0. The maximum Gasteiger partial charge on any atom is 0.0441 e. The van der Waals surface area contributed by atoms with E-state index in [1.807, 2.05) is 0 Å². The molecule has 0 atom stereocenters. The third-order valence-electron chi connectivity index (χ3n) is 10.7. The van der Waals surface area contributed by atoms with Gasteiger partial charge in [-0.15, -0.1) is 0 Å². The third-order valence-corrected chi connectivity index (χ3v) is 10.7. The van der Waals surface area contributed by atoms with Crippen molar-refractivity contribution in [1.29, 1.82) is 0 Å². The van der Waals surface area contributed by atoms with Gasteiger partial charge in [-0.05, 0) is 172 Å². The normalized spacial score (nSPS) is 19.2. The van der Waals surface area contributed by atoms with Crippen LogP contribution in [0.4, 0.5) is 0 Å². The third kappa shape index (κ3) is 3.57. The predicted molar refractivity (Wildman–Crippen MR) is 163 cm³/mol. The molecule has 4 aromatic rings. The molecule has 0 amide bonds. The molecule has 0 radical (unpaired) electrons. The van der Waals surface area contributed by atoms with Crippen molar-refractivity contribution in [3.05, 3.63) is 88.7 Å². The minimum atomic E-state index is 1.19. The lowest BCUT2D eigenvalue weighted by Gasteiger charge is -2.13. The van der Waals surface area contributed by atoms with E-state index in [0.29, 0.717) is 0 Å². The highest BCUT2D eigenvalue weighted by molar-refractivity contribution is 5.66. The number of aromatic amines is 4. The zero-order chi connectivity index (χ0) is 26.2. The number of hydrogen-bond donors (Lipinski definition) is 4. The van der Waals surface area contributed by atoms with Gasteiger partial charge in [-0.25, -0.2) is 0 Å². The van der Waals surface area contributed by atoms with Crippen molar-refractivity contribution in [3.63, 3.8) is 0 Å². The Hall–Kier alpha value is -3.40. The Labute approximate surface area is 235 Å². The summed E-state index contributed by atoms with van der Waals surface area (Å²) in [4.78, 5) is 15.8. The zero-order valence-electron chi connectivity index (χ0n) is 23.6. The van der Waals surface area contributed by atoms with Crippen molar-refractivity contribution in [2.24, 2.45) is 0 Å². The van der Waals surface area contributed by atoms with E-state index in [-0.39, 0.29) is 0 Å². The molecular formula is C36H40N4. The van der Waals surface area contributed by atoms with Crippen LogP contribution in [0.1, 0.15) is 119 Å². The Kier molecular flexibility index (Phi) is 5.28. The summed E-state index contributed by atoms with van der Waals surface area (Å²) >= 11 is 0. The Morgan fingerprint density at radius 2 is 0.500 bits per heavy atom. The summed E-state index contributed by atoms with van der Waals surface area (Å²) in [6.07, 6.45) is 29.7. The fourth-order valence-electron chi connectivity index (χ4n) is 8.75. The molecule has 0 spiro atoms. The van der Waals surface area contributed by atoms with Crippen LogP contribution in [0.5, 0.6) is 0 Å². The van der Waals surface area contributed by atoms with Gasteiger partial charge in [0.05, 0.1) is 0 Å². The molecule has 9 rings (SSSR count). The maximum absolute atomic E-state index is 3.95. The summed E-state index contributed by atoms with van der Waals surface area (Å²) < 4.78 is 0. The van der Waals surface area contributed by atoms with Crippen molar-refractivity contribution in [2.75, 3.05) is 0 Å². The van der Waals surface area contributed by atoms with Crippen LogP contribution in [0.25, 0.3) is 24.3 Å². The van der Waals surface area contributed by atoms with E-state index in [1.54, 1.807) is 44.5 Å². The van der Waals surface area contributed by atoms with Crippen LogP contribution in [0.2, 0.25) is 0 Å². The molecule has 4 N–H and O–H groups in total. The van der Waals surface area contributed by atoms with Crippen LogP contribution in [-0.4, -0.2) is 19.9 Å². The van der Waals surface area contributed by atoms with Crippen LogP contribution in [0.15, 0.2) is 0 Å². The van der Waals surface area contributed by atoms with Crippen molar-refractivity contribution in [1.82, 2.24) is 19.9 Å². The zero-order valence-corrected chi connectivity index (χ0v) is 23.6. The number of rotatable bonds is 0. The first kappa shape index (κ1) is 23.3. The highest BCUT2D eigenvalue weighted by atomic mass is 14.8. The first-order chi connectivity index (χ1) is 19.8. The Morgan fingerprint density at radius 1 is 0.275 bits per heavy atom. The second-order valence-electron chi connectivity index (χ2n) is 13.0. The summed E-state index contributed by atoms with van der Waals surface area (Å²) in [6, 6.07) is 0. The smallest absolute Gasteiger partial charge is 0.0441 e. The fraction of sp³-hybridized carbons (Fsp3) is 0.444. The predicted octanol–water partition coefficient (Wildman–Crippen LogP) is 4.14. The topological polar surface area (TPSA) is 63.2 Å². The van der Waals surface area contributed by atoms with Crippen molar-refractivity contribution < 1.29 is 0 Å². The fourth-order valence-corrected chi connectivity index (χ4v) is 8.75. The summed E-state index contributed by atoms with van der Waals surface area (Å²) in [5, 5.41) is 5.34. The molecule has 4 aromatic heterocycles. The molecule has 5 heterocycles. The van der Waals surface area contributed by atoms with Crippen LogP contribution >= 0.6 is 0 Å². The number of H-pyrrole nitrogens is 4. The molecule has 0 fully saturated rings. The lowest BCUT2D eigenvalue weighted by molar-refractivity contribution is 0.684. The number of nitrogens with one attached hydrogen (secondary N) is 4. The number of fused-ring (bicyclic) bond motifs is 20. The quantitative estimate of drug-likeness (QED) is 0.234. The Morgan fingerprint density at radius 3 is 0.750 bits per heavy atom. The lowest BCUT2D eigenvalue weighted by atomic mass is 9.90. The average Bonchev–Trinajstić information content (AvgIpc) is 3.73. The molecule has 8 bridgehead atoms. The van der Waals surface area contributed by atoms with E-state index in [4.69, 9.17) is 0 Å². The second kappa shape index (κ2) is 9.06. The lowest BCUT2D eigenvalue weighted by Crippen LogP contribution is -2.13. The molecule has 4 aliphatic carbocycles. The average molecular weight is 529 g/mol. The molecule has 0 saturated carbocycles. The molecule has 40 heavy (non-hydrogen) atoms. The van der Waals surface area contributed by atoms with Gasteiger partial charge in [0.1, 0.15) is 0 Å². The van der Waals surface area contributed by atoms with Crippen LogP contribution in [-0.2, 0) is 51.4 Å². The first-order valence-corrected chi connectivity index (χ1v) is 16.1. The standard InChI is InChI=1S/C36H40N4/c1-2-10-22-21(9-1)29-17-31-23-11-3-4-12-24(23)33(38-31)19-35-27-15-7-8-16-28(27)36(40-35)20-34-26-14-6-5-13-25(26)32(39-34)18-30(22)37-29/h17-20,37-40H,1-16H2. The van der Waals surface area contributed by atoms with E-state index >= 15 is 0 Å². The van der Waals surface area contributed by atoms with E-state index < -0.39 is 0 Å². The van der Waals surface area contributed by atoms with Gasteiger partial charge in [-0.1, -0.05) is 0 Å². The Bertz CT molecular complexity index is 1640. The van der Waals surface area contributed by atoms with E-state index in [1.165, 1.54) is 147 Å². The summed E-state index contributed by atoms with van der Waals surface area (Å²) in [6.45, 7) is 0. The molecule has 0 aromatic carbocycles. The van der Waals surface area contributed by atoms with Crippen molar-refractivity contribution in [2.45, 2.75) is 103 Å². The highest BCUT2D eigenvalue weighted by Crippen LogP contribution is 2.31. The maximum atomic E-state index is 3.95. The molecule has 4 heteroatoms. The first-order valence-electron chi connectivity index (χ1n) is 16.1. The van der Waals surface area contributed by atoms with E-state index in [0.717, 1.165) is 0 Å². The van der Waals surface area contributed by atoms with Gasteiger partial charge in [0.2, 0.25) is 0 Å². The van der Waals surface area contributed by atoms with Crippen LogP contribution in [0, 0.1) is 0 Å². The van der Waals surface area contributed by atoms with Crippen molar-refractivity contribution in [3.8, 4) is 0 Å². The molecule has 204 valence electrons. The van der Waals surface area contributed by atoms with Gasteiger partial charge in [-0.3, -0.25) is 0 Å². The van der Waals surface area contributed by atoms with Crippen LogP contribution < -0.4 is 21.4 Å². The van der Waals surface area contributed by atoms with Gasteiger partial charge in [0, 0.05) is 44.2 Å². The minimum absolute atomic E-state index is 1.19. The molecule has 0 saturated heterocycles. The van der Waals surface area contributed by atoms with Gasteiger partial charge >= 0.3 is 0 Å². The molecule has 0 unspecified atom stereocenters. The molecule has 4 nitrogen and oxygen atoms in total. The monoisotopic (exact) mass is 528 g/mol. The highest BCUT2D eigenvalue weighted by Gasteiger charge is 2.23. The van der Waals surface area contributed by atoms with Gasteiger partial charge in [0.25, 0.3) is 0 Å². The van der Waals surface area contributed by atoms with Crippen molar-refractivity contribution >= 4 is 24.3 Å². The molecular weight excluding hydrogens is 488 g/mol. The van der Waals surface area contributed by atoms with Crippen LogP contribution in [0.3, 0.4) is 0 Å². The molecule has 5 aliphatic rings. The van der Waals surface area contributed by atoms with Gasteiger partial charge in [0.15, 0.2) is 0 Å². The second-order valence-corrected chi connectivity index (χ2v) is 13.0. The Balaban J connectivity index is 1.40. The summed E-state index contributed by atoms with van der Waals surface area (Å²) in [5.41, 5.74) is 17.8. The largest absolute Gasteiger partial charge is 0.355 e. The van der Waals surface area contributed by atoms with Gasteiger partial charge < -0.3 is 19.9 Å². The SMILES string of the molecule is C1=c2[nH]c(c3c2CCCC3)=Cc2[nH]c(c3c2CCCC3)C=c2[nH]c(c3c2CCCC3)=Cc2[nH]c1c1c2CCCC1. The summed E-state index contributed by atoms with van der Waals surface area (Å²) in [7, 11) is 0. The minimum Gasteiger partial charge on any atom is -0.355 e. The van der Waals surface area contributed by atoms with Gasteiger partial charge in [-0.2, -0.15) is 0 Å².